The first kappa shape index (κ1) is 16.5. The van der Waals surface area contributed by atoms with E-state index < -0.39 is 5.92 Å². The first-order valence-corrected chi connectivity index (χ1v) is 8.97. The quantitative estimate of drug-likeness (QED) is 0.843. The molecule has 3 heterocycles. The Morgan fingerprint density at radius 3 is 2.48 bits per heavy atom. The maximum Gasteiger partial charge on any atom is 0.251 e. The van der Waals surface area contributed by atoms with E-state index in [2.05, 4.69) is 35.2 Å². The molecule has 5 heteroatoms. The Morgan fingerprint density at radius 1 is 0.960 bits per heavy atom. The highest BCUT2D eigenvalue weighted by Crippen LogP contribution is 2.30. The van der Waals surface area contributed by atoms with Crippen molar-refractivity contribution in [3.63, 3.8) is 0 Å². The fourth-order valence-electron chi connectivity index (χ4n) is 3.68. The van der Waals surface area contributed by atoms with Crippen molar-refractivity contribution >= 4 is 5.82 Å². The van der Waals surface area contributed by atoms with Crippen molar-refractivity contribution in [1.29, 1.82) is 0 Å². The van der Waals surface area contributed by atoms with Gasteiger partial charge in [-0.2, -0.15) is 0 Å². The molecule has 0 unspecified atom stereocenters. The van der Waals surface area contributed by atoms with E-state index in [-0.39, 0.29) is 12.8 Å². The van der Waals surface area contributed by atoms with Crippen molar-refractivity contribution in [2.45, 2.75) is 38.3 Å². The molecule has 4 rings (SSSR count). The van der Waals surface area contributed by atoms with E-state index in [1.807, 2.05) is 17.0 Å². The molecule has 132 valence electrons. The van der Waals surface area contributed by atoms with E-state index in [1.165, 1.54) is 11.1 Å². The molecule has 2 aromatic rings. The summed E-state index contributed by atoms with van der Waals surface area (Å²) in [5.41, 5.74) is 3.71. The van der Waals surface area contributed by atoms with Gasteiger partial charge in [0.1, 0.15) is 5.82 Å². The Labute approximate surface area is 147 Å². The lowest BCUT2D eigenvalue weighted by Gasteiger charge is -2.34. The molecule has 2 aliphatic rings. The molecule has 0 N–H and O–H groups in total. The third-order valence-electron chi connectivity index (χ3n) is 5.18. The van der Waals surface area contributed by atoms with Gasteiger partial charge in [0.15, 0.2) is 0 Å². The van der Waals surface area contributed by atoms with Gasteiger partial charge >= 0.3 is 0 Å². The van der Waals surface area contributed by atoms with Gasteiger partial charge < -0.3 is 4.90 Å². The van der Waals surface area contributed by atoms with Crippen LogP contribution in [0.1, 0.15) is 29.7 Å². The highest BCUT2D eigenvalue weighted by Gasteiger charge is 2.34. The minimum atomic E-state index is -2.51. The van der Waals surface area contributed by atoms with Gasteiger partial charge in [-0.3, -0.25) is 4.90 Å². The van der Waals surface area contributed by atoms with Crippen molar-refractivity contribution in [1.82, 2.24) is 9.88 Å². The summed E-state index contributed by atoms with van der Waals surface area (Å²) < 4.78 is 26.7. The van der Waals surface area contributed by atoms with Crippen LogP contribution in [0.3, 0.4) is 0 Å². The van der Waals surface area contributed by atoms with Crippen LogP contribution in [0, 0.1) is 0 Å². The topological polar surface area (TPSA) is 19.4 Å². The van der Waals surface area contributed by atoms with Crippen LogP contribution in [0.5, 0.6) is 0 Å². The summed E-state index contributed by atoms with van der Waals surface area (Å²) in [6, 6.07) is 14.6. The molecule has 1 fully saturated rings. The molecule has 1 aromatic heterocycles. The van der Waals surface area contributed by atoms with Gasteiger partial charge in [-0.1, -0.05) is 36.4 Å². The maximum absolute atomic E-state index is 13.3. The Hall–Kier alpha value is -2.01. The number of halogens is 2. The van der Waals surface area contributed by atoms with Crippen molar-refractivity contribution in [2.24, 2.45) is 0 Å². The standard InChI is InChI=1S/C20H23F2N3/c21-20(22)9-12-25(13-10-20)19-7-6-17-15-24(11-8-18(17)23-19)14-16-4-2-1-3-5-16/h1-7H,8-15H2. The fourth-order valence-corrected chi connectivity index (χ4v) is 3.68. The smallest absolute Gasteiger partial charge is 0.251 e. The average molecular weight is 343 g/mol. The SMILES string of the molecule is FC1(F)CCN(c2ccc3c(n2)CCN(Cc2ccccc2)C3)CC1. The second-order valence-corrected chi connectivity index (χ2v) is 7.06. The van der Waals surface area contributed by atoms with Gasteiger partial charge in [-0.25, -0.2) is 13.8 Å². The van der Waals surface area contributed by atoms with Crippen molar-refractivity contribution in [3.8, 4) is 0 Å². The molecule has 25 heavy (non-hydrogen) atoms. The Kier molecular flexibility index (Phi) is 4.42. The molecule has 0 atom stereocenters. The molecular weight excluding hydrogens is 320 g/mol. The zero-order chi connectivity index (χ0) is 17.3. The van der Waals surface area contributed by atoms with Gasteiger partial charge in [-0.15, -0.1) is 0 Å². The number of nitrogens with zero attached hydrogens (tertiary/aromatic N) is 3. The second kappa shape index (κ2) is 6.71. The fraction of sp³-hybridized carbons (Fsp3) is 0.450. The summed E-state index contributed by atoms with van der Waals surface area (Å²) in [6.45, 7) is 3.60. The van der Waals surface area contributed by atoms with Crippen LogP contribution in [0.2, 0.25) is 0 Å². The molecular formula is C20H23F2N3. The van der Waals surface area contributed by atoms with E-state index in [0.29, 0.717) is 13.1 Å². The van der Waals surface area contributed by atoms with Gasteiger partial charge in [0.05, 0.1) is 0 Å². The van der Waals surface area contributed by atoms with Gasteiger partial charge in [0.2, 0.25) is 0 Å². The number of piperidine rings is 1. The number of hydrogen-bond donors (Lipinski definition) is 0. The van der Waals surface area contributed by atoms with E-state index in [4.69, 9.17) is 4.98 Å². The lowest BCUT2D eigenvalue weighted by Crippen LogP contribution is -2.40. The number of anilines is 1. The van der Waals surface area contributed by atoms with Crippen molar-refractivity contribution in [2.75, 3.05) is 24.5 Å². The minimum Gasteiger partial charge on any atom is -0.356 e. The average Bonchev–Trinajstić information content (AvgIpc) is 2.62. The van der Waals surface area contributed by atoms with Crippen LogP contribution < -0.4 is 4.90 Å². The molecule has 0 radical (unpaired) electrons. The molecule has 0 bridgehead atoms. The monoisotopic (exact) mass is 343 g/mol. The van der Waals surface area contributed by atoms with Gasteiger partial charge in [-0.05, 0) is 17.2 Å². The zero-order valence-corrected chi connectivity index (χ0v) is 14.3. The highest BCUT2D eigenvalue weighted by molar-refractivity contribution is 5.43. The van der Waals surface area contributed by atoms with E-state index in [0.717, 1.165) is 37.6 Å². The third kappa shape index (κ3) is 3.82. The largest absolute Gasteiger partial charge is 0.356 e. The minimum absolute atomic E-state index is 0.0728. The number of alkyl halides is 2. The summed E-state index contributed by atoms with van der Waals surface area (Å²) >= 11 is 0. The normalized spacial score (nSPS) is 20.3. The number of pyridine rings is 1. The van der Waals surface area contributed by atoms with E-state index >= 15 is 0 Å². The lowest BCUT2D eigenvalue weighted by molar-refractivity contribution is -0.0221. The molecule has 1 saturated heterocycles. The number of rotatable bonds is 3. The van der Waals surface area contributed by atoms with Crippen LogP contribution in [0.4, 0.5) is 14.6 Å². The molecule has 0 spiro atoms. The van der Waals surface area contributed by atoms with Crippen molar-refractivity contribution < 1.29 is 8.78 Å². The zero-order valence-electron chi connectivity index (χ0n) is 14.3. The summed E-state index contributed by atoms with van der Waals surface area (Å²) in [7, 11) is 0. The number of hydrogen-bond acceptors (Lipinski definition) is 3. The molecule has 2 aliphatic heterocycles. The molecule has 1 aromatic carbocycles. The number of benzene rings is 1. The van der Waals surface area contributed by atoms with Crippen LogP contribution in [0.25, 0.3) is 0 Å². The Bertz CT molecular complexity index is 723. The summed E-state index contributed by atoms with van der Waals surface area (Å²) in [4.78, 5) is 9.21. The predicted octanol–water partition coefficient (Wildman–Crippen LogP) is 3.88. The third-order valence-corrected chi connectivity index (χ3v) is 5.18. The summed E-state index contributed by atoms with van der Waals surface area (Å²) in [5.74, 6) is -1.66. The van der Waals surface area contributed by atoms with E-state index in [1.54, 1.807) is 0 Å². The van der Waals surface area contributed by atoms with Crippen LogP contribution in [0.15, 0.2) is 42.5 Å². The number of aromatic nitrogens is 1. The lowest BCUT2D eigenvalue weighted by atomic mass is 10.0. The Morgan fingerprint density at radius 2 is 1.72 bits per heavy atom. The molecule has 0 saturated carbocycles. The first-order chi connectivity index (χ1) is 12.1. The van der Waals surface area contributed by atoms with E-state index in [9.17, 15) is 8.78 Å². The highest BCUT2D eigenvalue weighted by atomic mass is 19.3. The van der Waals surface area contributed by atoms with Crippen LogP contribution in [-0.2, 0) is 19.5 Å². The van der Waals surface area contributed by atoms with Crippen LogP contribution in [-0.4, -0.2) is 35.4 Å². The van der Waals surface area contributed by atoms with Gasteiger partial charge in [0, 0.05) is 57.7 Å². The summed E-state index contributed by atoms with van der Waals surface area (Å²) in [5, 5.41) is 0. The first-order valence-electron chi connectivity index (χ1n) is 8.97. The van der Waals surface area contributed by atoms with Crippen molar-refractivity contribution in [3.05, 3.63) is 59.3 Å². The predicted molar refractivity (Wildman–Crippen MR) is 94.9 cm³/mol. The van der Waals surface area contributed by atoms with Gasteiger partial charge in [0.25, 0.3) is 5.92 Å². The maximum atomic E-state index is 13.3. The molecule has 0 amide bonds. The second-order valence-electron chi connectivity index (χ2n) is 7.06. The number of fused-ring (bicyclic) bond motifs is 1. The van der Waals surface area contributed by atoms with Crippen LogP contribution >= 0.6 is 0 Å². The summed E-state index contributed by atoms with van der Waals surface area (Å²) in [6.07, 6.45) is 0.771. The molecule has 3 nitrogen and oxygen atoms in total. The molecule has 0 aliphatic carbocycles. The Balaban J connectivity index is 1.43.